The van der Waals surface area contributed by atoms with E-state index in [0.29, 0.717) is 17.5 Å². The predicted octanol–water partition coefficient (Wildman–Crippen LogP) is 12.6. The molecule has 0 amide bonds. The van der Waals surface area contributed by atoms with E-state index in [1.807, 2.05) is 12.1 Å². The average molecular weight is 656 g/mol. The normalized spacial score (nSPS) is 12.0. The molecule has 0 radical (unpaired) electrons. The molecular formula is C45H25N3OS. The molecule has 3 heterocycles. The van der Waals surface area contributed by atoms with Gasteiger partial charge in [0, 0.05) is 53.0 Å². The Balaban J connectivity index is 1.27. The SMILES string of the molecule is c1ccc2cc(-c3nc(-c4cccc5sc6ccccc6c45)nc(-c4cc5ccc6ccccc6c5c5oc6ccccc6c45)n3)ccc2c1. The molecule has 0 fully saturated rings. The van der Waals surface area contributed by atoms with E-state index in [4.69, 9.17) is 19.4 Å². The number of hydrogen-bond acceptors (Lipinski definition) is 5. The van der Waals surface area contributed by atoms with Crippen LogP contribution >= 0.6 is 11.3 Å². The van der Waals surface area contributed by atoms with Crippen LogP contribution in [-0.4, -0.2) is 15.0 Å². The maximum absolute atomic E-state index is 6.74. The van der Waals surface area contributed by atoms with Crippen molar-refractivity contribution < 1.29 is 4.42 Å². The van der Waals surface area contributed by atoms with Crippen LogP contribution in [0.1, 0.15) is 0 Å². The zero-order valence-electron chi connectivity index (χ0n) is 26.6. The molecule has 0 spiro atoms. The Labute approximate surface area is 289 Å². The monoisotopic (exact) mass is 655 g/mol. The number of thiophene rings is 1. The van der Waals surface area contributed by atoms with Crippen molar-refractivity contribution in [2.45, 2.75) is 0 Å². The van der Waals surface area contributed by atoms with Crippen LogP contribution in [-0.2, 0) is 0 Å². The first-order valence-corrected chi connectivity index (χ1v) is 17.5. The van der Waals surface area contributed by atoms with Gasteiger partial charge in [-0.1, -0.05) is 121 Å². The highest BCUT2D eigenvalue weighted by atomic mass is 32.1. The number of aromatic nitrogens is 3. The Hall–Kier alpha value is -6.43. The van der Waals surface area contributed by atoms with Crippen LogP contribution in [0.5, 0.6) is 0 Å². The van der Waals surface area contributed by atoms with Gasteiger partial charge in [-0.3, -0.25) is 0 Å². The molecule has 0 unspecified atom stereocenters. The summed E-state index contributed by atoms with van der Waals surface area (Å²) in [5.41, 5.74) is 4.53. The van der Waals surface area contributed by atoms with E-state index in [-0.39, 0.29) is 0 Å². The first kappa shape index (κ1) is 27.5. The lowest BCUT2D eigenvalue weighted by atomic mass is 9.95. The van der Waals surface area contributed by atoms with Crippen LogP contribution in [0.3, 0.4) is 0 Å². The first-order chi connectivity index (χ1) is 24.8. The molecule has 0 saturated heterocycles. The summed E-state index contributed by atoms with van der Waals surface area (Å²) in [5.74, 6) is 1.89. The number of para-hydroxylation sites is 1. The molecule has 5 heteroatoms. The van der Waals surface area contributed by atoms with Crippen molar-refractivity contribution in [3.63, 3.8) is 0 Å². The number of nitrogens with zero attached hydrogens (tertiary/aromatic N) is 3. The third-order valence-corrected chi connectivity index (χ3v) is 11.0. The molecule has 0 aliphatic rings. The van der Waals surface area contributed by atoms with Crippen LogP contribution in [0.15, 0.2) is 156 Å². The lowest BCUT2D eigenvalue weighted by Gasteiger charge is -2.12. The molecule has 0 bridgehead atoms. The third kappa shape index (κ3) is 4.08. The molecule has 0 saturated carbocycles. The van der Waals surface area contributed by atoms with Crippen LogP contribution in [0, 0.1) is 0 Å². The minimum absolute atomic E-state index is 0.612. The standard InChI is InChI=1S/C45H25N3OS/c1-2-12-28-24-30(23-20-26(28)10-1)43-46-44(34-16-9-19-38-40(34)33-15-6-8-18-37(33)50-38)48-45(47-43)35-25-29-22-21-27-11-3-4-13-31(27)39(29)42-41(35)32-14-5-7-17-36(32)49-42/h1-25H. The van der Waals surface area contributed by atoms with Crippen molar-refractivity contribution in [1.29, 1.82) is 0 Å². The zero-order valence-corrected chi connectivity index (χ0v) is 27.4. The van der Waals surface area contributed by atoms with Gasteiger partial charge < -0.3 is 4.42 Å². The highest BCUT2D eigenvalue weighted by Gasteiger charge is 2.22. The van der Waals surface area contributed by atoms with E-state index < -0.39 is 0 Å². The maximum Gasteiger partial charge on any atom is 0.164 e. The summed E-state index contributed by atoms with van der Waals surface area (Å²) in [4.78, 5) is 15.9. The Morgan fingerprint density at radius 3 is 1.96 bits per heavy atom. The number of benzene rings is 8. The molecule has 11 rings (SSSR count). The van der Waals surface area contributed by atoms with Crippen molar-refractivity contribution >= 4 is 85.8 Å². The summed E-state index contributed by atoms with van der Waals surface area (Å²) < 4.78 is 9.19. The topological polar surface area (TPSA) is 51.8 Å². The number of fused-ring (bicyclic) bond motifs is 11. The van der Waals surface area contributed by atoms with Crippen molar-refractivity contribution in [1.82, 2.24) is 15.0 Å². The Morgan fingerprint density at radius 2 is 1.06 bits per heavy atom. The average Bonchev–Trinajstić information content (AvgIpc) is 3.76. The summed E-state index contributed by atoms with van der Waals surface area (Å²) >= 11 is 1.80. The Kier molecular flexibility index (Phi) is 5.80. The van der Waals surface area contributed by atoms with Gasteiger partial charge in [-0.05, 0) is 57.3 Å². The second-order valence-corrected chi connectivity index (χ2v) is 13.8. The molecule has 232 valence electrons. The van der Waals surface area contributed by atoms with Gasteiger partial charge in [0.2, 0.25) is 0 Å². The second-order valence-electron chi connectivity index (χ2n) is 12.8. The van der Waals surface area contributed by atoms with E-state index in [1.54, 1.807) is 11.3 Å². The third-order valence-electron chi connectivity index (χ3n) is 9.88. The fourth-order valence-electron chi connectivity index (χ4n) is 7.59. The maximum atomic E-state index is 6.74. The summed E-state index contributed by atoms with van der Waals surface area (Å²) in [6.07, 6.45) is 0. The quantitative estimate of drug-likeness (QED) is 0.178. The number of furan rings is 1. The predicted molar refractivity (Wildman–Crippen MR) is 209 cm³/mol. The van der Waals surface area contributed by atoms with Crippen LogP contribution in [0.25, 0.3) is 109 Å². The smallest absolute Gasteiger partial charge is 0.164 e. The van der Waals surface area contributed by atoms with Crippen molar-refractivity contribution in [3.8, 4) is 34.2 Å². The Bertz CT molecular complexity index is 3170. The lowest BCUT2D eigenvalue weighted by molar-refractivity contribution is 0.673. The fourth-order valence-corrected chi connectivity index (χ4v) is 8.72. The minimum Gasteiger partial charge on any atom is -0.455 e. The van der Waals surface area contributed by atoms with Crippen molar-refractivity contribution in [2.75, 3.05) is 0 Å². The van der Waals surface area contributed by atoms with E-state index in [1.165, 1.54) is 30.9 Å². The van der Waals surface area contributed by atoms with Gasteiger partial charge in [-0.25, -0.2) is 15.0 Å². The summed E-state index contributed by atoms with van der Waals surface area (Å²) in [6, 6.07) is 53.2. The van der Waals surface area contributed by atoms with E-state index in [0.717, 1.165) is 60.2 Å². The van der Waals surface area contributed by atoms with E-state index in [2.05, 4.69) is 140 Å². The van der Waals surface area contributed by atoms with E-state index in [9.17, 15) is 0 Å². The summed E-state index contributed by atoms with van der Waals surface area (Å²) in [5, 5.41) is 11.2. The fraction of sp³-hybridized carbons (Fsp3) is 0. The van der Waals surface area contributed by atoms with Gasteiger partial charge in [0.1, 0.15) is 11.2 Å². The van der Waals surface area contributed by atoms with Gasteiger partial charge in [-0.2, -0.15) is 0 Å². The molecule has 0 aliphatic heterocycles. The van der Waals surface area contributed by atoms with Crippen LogP contribution in [0.4, 0.5) is 0 Å². The van der Waals surface area contributed by atoms with Gasteiger partial charge in [0.15, 0.2) is 17.5 Å². The summed E-state index contributed by atoms with van der Waals surface area (Å²) in [6.45, 7) is 0. The van der Waals surface area contributed by atoms with Gasteiger partial charge in [-0.15, -0.1) is 11.3 Å². The molecule has 4 nitrogen and oxygen atoms in total. The molecule has 3 aromatic heterocycles. The van der Waals surface area contributed by atoms with Gasteiger partial charge >= 0.3 is 0 Å². The van der Waals surface area contributed by atoms with Crippen molar-refractivity contribution in [3.05, 3.63) is 152 Å². The highest BCUT2D eigenvalue weighted by molar-refractivity contribution is 7.25. The van der Waals surface area contributed by atoms with Crippen molar-refractivity contribution in [2.24, 2.45) is 0 Å². The largest absolute Gasteiger partial charge is 0.455 e. The minimum atomic E-state index is 0.612. The summed E-state index contributed by atoms with van der Waals surface area (Å²) in [7, 11) is 0. The van der Waals surface area contributed by atoms with Crippen LogP contribution < -0.4 is 0 Å². The number of hydrogen-bond donors (Lipinski definition) is 0. The zero-order chi connectivity index (χ0) is 32.8. The molecule has 0 atom stereocenters. The van der Waals surface area contributed by atoms with Gasteiger partial charge in [0.25, 0.3) is 0 Å². The molecule has 0 N–H and O–H groups in total. The lowest BCUT2D eigenvalue weighted by Crippen LogP contribution is -2.01. The van der Waals surface area contributed by atoms with E-state index >= 15 is 0 Å². The number of rotatable bonds is 3. The molecular weight excluding hydrogens is 631 g/mol. The molecule has 8 aromatic carbocycles. The second kappa shape index (κ2) is 10.5. The highest BCUT2D eigenvalue weighted by Crippen LogP contribution is 2.44. The molecule has 11 aromatic rings. The van der Waals surface area contributed by atoms with Crippen LogP contribution in [0.2, 0.25) is 0 Å². The molecule has 50 heavy (non-hydrogen) atoms. The van der Waals surface area contributed by atoms with Gasteiger partial charge in [0.05, 0.1) is 0 Å². The first-order valence-electron chi connectivity index (χ1n) is 16.7. The molecule has 0 aliphatic carbocycles. The Morgan fingerprint density at radius 1 is 0.400 bits per heavy atom.